The number of carbonyl (C=O) groups is 1. The lowest BCUT2D eigenvalue weighted by Gasteiger charge is -2.19. The first kappa shape index (κ1) is 13.3. The molecule has 0 saturated carbocycles. The zero-order valence-electron chi connectivity index (χ0n) is 10.9. The van der Waals surface area contributed by atoms with Gasteiger partial charge in [0.1, 0.15) is 0 Å². The van der Waals surface area contributed by atoms with E-state index in [0.717, 1.165) is 0 Å². The van der Waals surface area contributed by atoms with Gasteiger partial charge in [0.25, 0.3) is 5.91 Å². The summed E-state index contributed by atoms with van der Waals surface area (Å²) in [5.41, 5.74) is 1.94. The zero-order chi connectivity index (χ0) is 13.1. The molecular weight excluding hydrogens is 210 g/mol. The van der Waals surface area contributed by atoms with Gasteiger partial charge in [-0.2, -0.15) is 0 Å². The molecule has 1 unspecified atom stereocenters. The van der Waals surface area contributed by atoms with Crippen LogP contribution >= 0.6 is 0 Å². The second kappa shape index (κ2) is 5.05. The highest BCUT2D eigenvalue weighted by atomic mass is 16.1. The van der Waals surface area contributed by atoms with Gasteiger partial charge in [-0.1, -0.05) is 38.8 Å². The molecule has 17 heavy (non-hydrogen) atoms. The van der Waals surface area contributed by atoms with Crippen LogP contribution in [0.3, 0.4) is 0 Å². The highest BCUT2D eigenvalue weighted by Crippen LogP contribution is 2.22. The summed E-state index contributed by atoms with van der Waals surface area (Å²) in [6, 6.07) is 7.38. The molecule has 2 heteroatoms. The quantitative estimate of drug-likeness (QED) is 0.776. The molecule has 1 rings (SSSR count). The van der Waals surface area contributed by atoms with Crippen LogP contribution in [0.1, 0.15) is 43.6 Å². The van der Waals surface area contributed by atoms with Crippen molar-refractivity contribution in [2.24, 2.45) is 0 Å². The molecule has 90 valence electrons. The Bertz CT molecular complexity index is 431. The largest absolute Gasteiger partial charge is 0.339 e. The maximum Gasteiger partial charge on any atom is 0.252 e. The van der Waals surface area contributed by atoms with Gasteiger partial charge in [0, 0.05) is 5.56 Å². The van der Waals surface area contributed by atoms with Gasteiger partial charge in [0.15, 0.2) is 0 Å². The van der Waals surface area contributed by atoms with Crippen LogP contribution in [0.4, 0.5) is 0 Å². The molecule has 0 aliphatic heterocycles. The van der Waals surface area contributed by atoms with Crippen LogP contribution in [0.5, 0.6) is 0 Å². The molecule has 0 radical (unpaired) electrons. The predicted octanol–water partition coefficient (Wildman–Crippen LogP) is 2.74. The fourth-order valence-corrected chi connectivity index (χ4v) is 1.44. The highest BCUT2D eigenvalue weighted by Gasteiger charge is 2.14. The summed E-state index contributed by atoms with van der Waals surface area (Å²) in [5.74, 6) is 2.34. The first-order chi connectivity index (χ1) is 7.84. The molecule has 0 aromatic heterocycles. The molecule has 2 nitrogen and oxygen atoms in total. The number of hydrogen-bond donors (Lipinski definition) is 1. The molecule has 1 amide bonds. The molecule has 1 N–H and O–H groups in total. The van der Waals surface area contributed by atoms with E-state index in [9.17, 15) is 4.79 Å². The van der Waals surface area contributed by atoms with Gasteiger partial charge in [0.2, 0.25) is 0 Å². The van der Waals surface area contributed by atoms with Crippen LogP contribution in [0.15, 0.2) is 24.3 Å². The first-order valence-corrected chi connectivity index (χ1v) is 5.72. The Kier molecular flexibility index (Phi) is 3.96. The topological polar surface area (TPSA) is 29.1 Å². The summed E-state index contributed by atoms with van der Waals surface area (Å²) < 4.78 is 0. The van der Waals surface area contributed by atoms with Gasteiger partial charge >= 0.3 is 0 Å². The van der Waals surface area contributed by atoms with E-state index in [4.69, 9.17) is 6.42 Å². The predicted molar refractivity (Wildman–Crippen MR) is 70.9 cm³/mol. The van der Waals surface area contributed by atoms with Crippen LogP contribution in [0.25, 0.3) is 0 Å². The number of rotatable bonds is 2. The highest BCUT2D eigenvalue weighted by molar-refractivity contribution is 5.94. The smallest absolute Gasteiger partial charge is 0.252 e. The van der Waals surface area contributed by atoms with Gasteiger partial charge in [-0.15, -0.1) is 6.42 Å². The number of hydrogen-bond acceptors (Lipinski definition) is 1. The lowest BCUT2D eigenvalue weighted by Crippen LogP contribution is -2.31. The molecule has 0 bridgehead atoms. The summed E-state index contributed by atoms with van der Waals surface area (Å²) in [6.45, 7) is 8.20. The number of carbonyl (C=O) groups excluding carboxylic acids is 1. The lowest BCUT2D eigenvalue weighted by atomic mass is 9.86. The molecule has 0 spiro atoms. The van der Waals surface area contributed by atoms with E-state index in [1.807, 2.05) is 24.3 Å². The maximum absolute atomic E-state index is 11.8. The Labute approximate surface area is 103 Å². The standard InChI is InChI=1S/C15H19NO/c1-6-11(2)16-14(17)12-7-9-13(10-8-12)15(3,4)5/h1,7-11H,2-5H3,(H,16,17). The van der Waals surface area contributed by atoms with Gasteiger partial charge < -0.3 is 5.32 Å². The van der Waals surface area contributed by atoms with Crippen LogP contribution in [-0.2, 0) is 5.41 Å². The first-order valence-electron chi connectivity index (χ1n) is 5.72. The number of nitrogens with one attached hydrogen (secondary N) is 1. The van der Waals surface area contributed by atoms with Gasteiger partial charge in [-0.05, 0) is 30.0 Å². The monoisotopic (exact) mass is 229 g/mol. The van der Waals surface area contributed by atoms with E-state index in [-0.39, 0.29) is 17.4 Å². The zero-order valence-corrected chi connectivity index (χ0v) is 10.9. The Balaban J connectivity index is 2.82. The Hall–Kier alpha value is -1.75. The molecular formula is C15H19NO. The summed E-state index contributed by atoms with van der Waals surface area (Å²) >= 11 is 0. The lowest BCUT2D eigenvalue weighted by molar-refractivity contribution is 0.0948. The number of terminal acetylenes is 1. The van der Waals surface area contributed by atoms with Crippen LogP contribution in [0, 0.1) is 12.3 Å². The summed E-state index contributed by atoms with van der Waals surface area (Å²) in [5, 5.41) is 2.73. The molecule has 0 heterocycles. The van der Waals surface area contributed by atoms with Crippen molar-refractivity contribution >= 4 is 5.91 Å². The van der Waals surface area contributed by atoms with Crippen molar-refractivity contribution in [1.82, 2.24) is 5.32 Å². The Morgan fingerprint density at radius 2 is 1.82 bits per heavy atom. The van der Waals surface area contributed by atoms with Crippen molar-refractivity contribution < 1.29 is 4.79 Å². The van der Waals surface area contributed by atoms with Gasteiger partial charge in [-0.25, -0.2) is 0 Å². The van der Waals surface area contributed by atoms with Crippen molar-refractivity contribution in [1.29, 1.82) is 0 Å². The third-order valence-corrected chi connectivity index (χ3v) is 2.61. The summed E-state index contributed by atoms with van der Waals surface area (Å²) in [4.78, 5) is 11.8. The van der Waals surface area contributed by atoms with Gasteiger partial charge in [0.05, 0.1) is 6.04 Å². The molecule has 0 fully saturated rings. The normalized spacial score (nSPS) is 12.6. The second-order valence-electron chi connectivity index (χ2n) is 5.19. The number of amides is 1. The summed E-state index contributed by atoms with van der Waals surface area (Å²) in [7, 11) is 0. The maximum atomic E-state index is 11.8. The molecule has 0 saturated heterocycles. The van der Waals surface area contributed by atoms with Crippen LogP contribution in [0.2, 0.25) is 0 Å². The molecule has 1 aromatic carbocycles. The third kappa shape index (κ3) is 3.64. The molecule has 1 atom stereocenters. The molecule has 0 aliphatic rings. The Morgan fingerprint density at radius 3 is 2.24 bits per heavy atom. The van der Waals surface area contributed by atoms with E-state index < -0.39 is 0 Å². The van der Waals surface area contributed by atoms with Crippen molar-refractivity contribution in [2.75, 3.05) is 0 Å². The van der Waals surface area contributed by atoms with Crippen LogP contribution in [-0.4, -0.2) is 11.9 Å². The third-order valence-electron chi connectivity index (χ3n) is 2.61. The fourth-order valence-electron chi connectivity index (χ4n) is 1.44. The van der Waals surface area contributed by atoms with E-state index in [1.54, 1.807) is 6.92 Å². The van der Waals surface area contributed by atoms with Crippen molar-refractivity contribution in [3.63, 3.8) is 0 Å². The summed E-state index contributed by atoms with van der Waals surface area (Å²) in [6.07, 6.45) is 5.21. The fraction of sp³-hybridized carbons (Fsp3) is 0.400. The van der Waals surface area contributed by atoms with E-state index >= 15 is 0 Å². The Morgan fingerprint density at radius 1 is 1.29 bits per heavy atom. The van der Waals surface area contributed by atoms with E-state index in [0.29, 0.717) is 5.56 Å². The average molecular weight is 229 g/mol. The second-order valence-corrected chi connectivity index (χ2v) is 5.19. The molecule has 0 aliphatic carbocycles. The van der Waals surface area contributed by atoms with E-state index in [1.165, 1.54) is 5.56 Å². The minimum atomic E-state index is -0.246. The van der Waals surface area contributed by atoms with Crippen molar-refractivity contribution in [3.05, 3.63) is 35.4 Å². The van der Waals surface area contributed by atoms with E-state index in [2.05, 4.69) is 32.0 Å². The van der Waals surface area contributed by atoms with Crippen molar-refractivity contribution in [3.8, 4) is 12.3 Å². The molecule has 1 aromatic rings. The number of benzene rings is 1. The van der Waals surface area contributed by atoms with Gasteiger partial charge in [-0.3, -0.25) is 4.79 Å². The minimum Gasteiger partial charge on any atom is -0.339 e. The van der Waals surface area contributed by atoms with Crippen molar-refractivity contribution in [2.45, 2.75) is 39.2 Å². The van der Waals surface area contributed by atoms with Crippen LogP contribution < -0.4 is 5.32 Å². The minimum absolute atomic E-state index is 0.0983. The SMILES string of the molecule is C#CC(C)NC(=O)c1ccc(C(C)(C)C)cc1. The average Bonchev–Trinajstić information content (AvgIpc) is 2.27.